The van der Waals surface area contributed by atoms with E-state index in [1.54, 1.807) is 72.8 Å². The molecule has 4 nitrogen and oxygen atoms in total. The first kappa shape index (κ1) is 15.1. The summed E-state index contributed by atoms with van der Waals surface area (Å²) in [5, 5.41) is 0. The Labute approximate surface area is 144 Å². The van der Waals surface area contributed by atoms with Crippen LogP contribution in [-0.2, 0) is 15.0 Å². The van der Waals surface area contributed by atoms with E-state index >= 15 is 0 Å². The van der Waals surface area contributed by atoms with Gasteiger partial charge in [-0.25, -0.2) is 9.59 Å². The van der Waals surface area contributed by atoms with Crippen LogP contribution in [0, 0.1) is 0 Å². The van der Waals surface area contributed by atoms with Crippen LogP contribution in [0.3, 0.4) is 0 Å². The molecule has 1 aliphatic heterocycles. The van der Waals surface area contributed by atoms with Gasteiger partial charge in [0.25, 0.3) is 0 Å². The average molecular weight is 330 g/mol. The van der Waals surface area contributed by atoms with Crippen molar-refractivity contribution in [1.82, 2.24) is 0 Å². The Morgan fingerprint density at radius 1 is 0.800 bits per heavy atom. The molecule has 3 aromatic rings. The van der Waals surface area contributed by atoms with Crippen molar-refractivity contribution >= 4 is 11.9 Å². The summed E-state index contributed by atoms with van der Waals surface area (Å²) in [6.07, 6.45) is 0. The van der Waals surface area contributed by atoms with E-state index in [2.05, 4.69) is 0 Å². The summed E-state index contributed by atoms with van der Waals surface area (Å²) in [5.74, 6) is -0.581. The maximum Gasteiger partial charge on any atom is 0.338 e. The number of benzene rings is 3. The molecule has 1 unspecified atom stereocenters. The fourth-order valence-electron chi connectivity index (χ4n) is 3.10. The predicted molar refractivity (Wildman–Crippen MR) is 91.4 cm³/mol. The van der Waals surface area contributed by atoms with Crippen LogP contribution in [0.4, 0.5) is 0 Å². The first-order valence-corrected chi connectivity index (χ1v) is 7.87. The Balaban J connectivity index is 1.89. The van der Waals surface area contributed by atoms with Gasteiger partial charge in [-0.05, 0) is 23.8 Å². The van der Waals surface area contributed by atoms with Gasteiger partial charge in [0, 0.05) is 5.56 Å². The third kappa shape index (κ3) is 2.31. The molecule has 1 aliphatic rings. The molecule has 0 N–H and O–H groups in total. The van der Waals surface area contributed by atoms with Gasteiger partial charge in [-0.1, -0.05) is 66.7 Å². The molecule has 0 radical (unpaired) electrons. The van der Waals surface area contributed by atoms with Crippen molar-refractivity contribution < 1.29 is 19.1 Å². The number of ether oxygens (including phenoxy) is 2. The van der Waals surface area contributed by atoms with Gasteiger partial charge in [0.05, 0.1) is 0 Å². The van der Waals surface area contributed by atoms with E-state index in [4.69, 9.17) is 9.47 Å². The minimum absolute atomic E-state index is 0.375. The van der Waals surface area contributed by atoms with Gasteiger partial charge in [-0.3, -0.25) is 0 Å². The van der Waals surface area contributed by atoms with Gasteiger partial charge in [0.2, 0.25) is 5.41 Å². The van der Waals surface area contributed by atoms with E-state index in [-0.39, 0.29) is 0 Å². The molecular weight excluding hydrogens is 316 g/mol. The topological polar surface area (TPSA) is 52.6 Å². The maximum absolute atomic E-state index is 13.2. The monoisotopic (exact) mass is 330 g/mol. The van der Waals surface area contributed by atoms with Crippen LogP contribution in [0.25, 0.3) is 0 Å². The van der Waals surface area contributed by atoms with Crippen molar-refractivity contribution in [2.45, 2.75) is 5.41 Å². The highest BCUT2D eigenvalue weighted by Gasteiger charge is 2.58. The maximum atomic E-state index is 13.2. The largest absolute Gasteiger partial charge is 0.425 e. The number of fused-ring (bicyclic) bond motifs is 1. The van der Waals surface area contributed by atoms with Crippen LogP contribution in [0.2, 0.25) is 0 Å². The smallest absolute Gasteiger partial charge is 0.338 e. The quantitative estimate of drug-likeness (QED) is 0.419. The molecule has 0 aromatic heterocycles. The molecule has 1 atom stereocenters. The van der Waals surface area contributed by atoms with E-state index in [1.807, 2.05) is 12.1 Å². The van der Waals surface area contributed by atoms with E-state index in [9.17, 15) is 9.59 Å². The van der Waals surface area contributed by atoms with Crippen LogP contribution in [0.1, 0.15) is 11.1 Å². The number of esters is 2. The molecule has 122 valence electrons. The molecule has 1 heterocycles. The lowest BCUT2D eigenvalue weighted by atomic mass is 9.75. The highest BCUT2D eigenvalue weighted by molar-refractivity contribution is 6.14. The van der Waals surface area contributed by atoms with Crippen LogP contribution < -0.4 is 9.47 Å². The summed E-state index contributed by atoms with van der Waals surface area (Å²) in [5.41, 5.74) is -0.619. The highest BCUT2D eigenvalue weighted by Crippen LogP contribution is 2.45. The van der Waals surface area contributed by atoms with Crippen molar-refractivity contribution in [3.63, 3.8) is 0 Å². The van der Waals surface area contributed by atoms with Crippen molar-refractivity contribution in [2.24, 2.45) is 0 Å². The summed E-state index contributed by atoms with van der Waals surface area (Å²) >= 11 is 0. The van der Waals surface area contributed by atoms with E-state index in [0.29, 0.717) is 22.6 Å². The predicted octanol–water partition coefficient (Wildman–Crippen LogP) is 3.50. The summed E-state index contributed by atoms with van der Waals surface area (Å²) in [7, 11) is 0. The second kappa shape index (κ2) is 5.91. The Morgan fingerprint density at radius 2 is 1.40 bits per heavy atom. The Bertz CT molecular complexity index is 934. The fourth-order valence-corrected chi connectivity index (χ4v) is 3.10. The lowest BCUT2D eigenvalue weighted by Crippen LogP contribution is -2.45. The third-order valence-electron chi connectivity index (χ3n) is 4.27. The van der Waals surface area contributed by atoms with Crippen molar-refractivity contribution in [3.05, 3.63) is 96.1 Å². The summed E-state index contributed by atoms with van der Waals surface area (Å²) < 4.78 is 10.9. The Hall–Kier alpha value is -3.40. The average Bonchev–Trinajstić information content (AvgIpc) is 2.96. The number of hydrogen-bond acceptors (Lipinski definition) is 4. The Kier molecular flexibility index (Phi) is 3.58. The zero-order chi connectivity index (χ0) is 17.3. The number of carbonyl (C=O) groups is 2. The van der Waals surface area contributed by atoms with E-state index in [0.717, 1.165) is 0 Å². The second-order valence-corrected chi connectivity index (χ2v) is 5.70. The van der Waals surface area contributed by atoms with Crippen LogP contribution >= 0.6 is 0 Å². The van der Waals surface area contributed by atoms with Gasteiger partial charge in [0.1, 0.15) is 11.5 Å². The van der Waals surface area contributed by atoms with E-state index in [1.165, 1.54) is 0 Å². The lowest BCUT2D eigenvalue weighted by Gasteiger charge is -2.24. The van der Waals surface area contributed by atoms with Crippen molar-refractivity contribution in [2.75, 3.05) is 0 Å². The van der Waals surface area contributed by atoms with Gasteiger partial charge in [-0.2, -0.15) is 0 Å². The van der Waals surface area contributed by atoms with Gasteiger partial charge >= 0.3 is 11.9 Å². The molecule has 0 aliphatic carbocycles. The van der Waals surface area contributed by atoms with Crippen LogP contribution in [0.5, 0.6) is 11.5 Å². The molecule has 0 spiro atoms. The summed E-state index contributed by atoms with van der Waals surface area (Å²) in [6.45, 7) is 0. The molecule has 0 bridgehead atoms. The SMILES string of the molecule is O=C(Oc1ccccc1)C1(c2ccccc2)C(=O)Oc2ccccc21. The van der Waals surface area contributed by atoms with Gasteiger partial charge in [0.15, 0.2) is 0 Å². The van der Waals surface area contributed by atoms with Gasteiger partial charge in [-0.15, -0.1) is 0 Å². The summed E-state index contributed by atoms with van der Waals surface area (Å²) in [6, 6.07) is 24.5. The number of carbonyl (C=O) groups excluding carboxylic acids is 2. The van der Waals surface area contributed by atoms with Crippen LogP contribution in [0.15, 0.2) is 84.9 Å². The first-order chi connectivity index (χ1) is 12.2. The van der Waals surface area contributed by atoms with Gasteiger partial charge < -0.3 is 9.47 Å². The molecule has 0 fully saturated rings. The second-order valence-electron chi connectivity index (χ2n) is 5.70. The number of hydrogen-bond donors (Lipinski definition) is 0. The number of para-hydroxylation sites is 2. The standard InChI is InChI=1S/C21H14O4/c22-19(24-16-11-5-2-6-12-16)21(15-9-3-1-4-10-15)17-13-7-8-14-18(17)25-20(21)23/h1-14H. The van der Waals surface area contributed by atoms with E-state index < -0.39 is 17.4 Å². The fraction of sp³-hybridized carbons (Fsp3) is 0.0476. The minimum Gasteiger partial charge on any atom is -0.425 e. The number of rotatable bonds is 3. The first-order valence-electron chi connectivity index (χ1n) is 7.87. The third-order valence-corrected chi connectivity index (χ3v) is 4.27. The molecule has 0 amide bonds. The molecule has 3 aromatic carbocycles. The lowest BCUT2D eigenvalue weighted by molar-refractivity contribution is -0.149. The van der Waals surface area contributed by atoms with Crippen molar-refractivity contribution in [1.29, 1.82) is 0 Å². The molecule has 4 rings (SSSR count). The minimum atomic E-state index is -1.63. The zero-order valence-corrected chi connectivity index (χ0v) is 13.2. The molecule has 0 saturated heterocycles. The summed E-state index contributed by atoms with van der Waals surface area (Å²) in [4.78, 5) is 26.0. The molecular formula is C21H14O4. The molecule has 4 heteroatoms. The van der Waals surface area contributed by atoms with Crippen LogP contribution in [-0.4, -0.2) is 11.9 Å². The van der Waals surface area contributed by atoms with Crippen molar-refractivity contribution in [3.8, 4) is 11.5 Å². The normalized spacial score (nSPS) is 18.3. The zero-order valence-electron chi connectivity index (χ0n) is 13.2. The highest BCUT2D eigenvalue weighted by atomic mass is 16.6. The molecule has 0 saturated carbocycles. The molecule has 25 heavy (non-hydrogen) atoms. The Morgan fingerprint density at radius 3 is 2.12 bits per heavy atom.